The number of carbonyl (C=O) groups excluding carboxylic acids is 4. The molecule has 1 aromatic heterocycles. The van der Waals surface area contributed by atoms with Crippen LogP contribution in [0.5, 0.6) is 0 Å². The first-order valence-corrected chi connectivity index (χ1v) is 10.6. The van der Waals surface area contributed by atoms with Crippen molar-refractivity contribution in [2.75, 3.05) is 19.0 Å². The van der Waals surface area contributed by atoms with E-state index >= 15 is 0 Å². The summed E-state index contributed by atoms with van der Waals surface area (Å²) >= 11 is 1.04. The molecule has 31 heavy (non-hydrogen) atoms. The molecule has 3 amide bonds. The fourth-order valence-electron chi connectivity index (χ4n) is 2.95. The van der Waals surface area contributed by atoms with E-state index in [1.165, 1.54) is 19.3 Å². The van der Waals surface area contributed by atoms with Crippen LogP contribution in [0.2, 0.25) is 0 Å². The highest BCUT2D eigenvalue weighted by molar-refractivity contribution is 8.00. The van der Waals surface area contributed by atoms with E-state index in [9.17, 15) is 19.2 Å². The van der Waals surface area contributed by atoms with Crippen molar-refractivity contribution < 1.29 is 23.9 Å². The molecule has 2 heterocycles. The van der Waals surface area contributed by atoms with Crippen LogP contribution in [0.3, 0.4) is 0 Å². The van der Waals surface area contributed by atoms with Crippen molar-refractivity contribution in [3.8, 4) is 0 Å². The van der Waals surface area contributed by atoms with Crippen molar-refractivity contribution in [3.05, 3.63) is 53.7 Å². The van der Waals surface area contributed by atoms with Crippen LogP contribution in [-0.4, -0.2) is 52.5 Å². The Morgan fingerprint density at radius 2 is 1.94 bits per heavy atom. The fraction of sp³-hybridized carbons (Fsp3) is 0.318. The lowest BCUT2D eigenvalue weighted by molar-refractivity contribution is -0.136. The van der Waals surface area contributed by atoms with Gasteiger partial charge in [0.25, 0.3) is 5.91 Å². The average molecular weight is 442 g/mol. The number of imide groups is 1. The number of benzene rings is 1. The molecular formula is C22H23N3O5S. The topological polar surface area (TPSA) is 106 Å². The van der Waals surface area contributed by atoms with E-state index in [4.69, 9.17) is 4.74 Å². The van der Waals surface area contributed by atoms with Gasteiger partial charge in [0.05, 0.1) is 10.8 Å². The standard InChI is InChI=1S/C22H23N3O5S/c1-13(2)14-6-8-15(9-7-14)24-18(26)12-30-22(29)16-5-4-10-23-20(16)31-17-11-19(27)25(3)21(17)28/h4-10,13,17H,11-12H2,1-3H3,(H,24,26). The lowest BCUT2D eigenvalue weighted by Crippen LogP contribution is -2.26. The Kier molecular flexibility index (Phi) is 7.06. The Hall–Kier alpha value is -3.20. The van der Waals surface area contributed by atoms with Crippen molar-refractivity contribution >= 4 is 41.1 Å². The van der Waals surface area contributed by atoms with E-state index < -0.39 is 23.7 Å². The summed E-state index contributed by atoms with van der Waals surface area (Å²) in [7, 11) is 1.42. The second-order valence-electron chi connectivity index (χ2n) is 7.36. The van der Waals surface area contributed by atoms with Crippen LogP contribution >= 0.6 is 11.8 Å². The molecule has 1 fully saturated rings. The van der Waals surface area contributed by atoms with E-state index in [-0.39, 0.29) is 28.8 Å². The van der Waals surface area contributed by atoms with E-state index in [0.29, 0.717) is 11.6 Å². The minimum absolute atomic E-state index is 0.0447. The summed E-state index contributed by atoms with van der Waals surface area (Å²) in [6.07, 6.45) is 1.53. The summed E-state index contributed by atoms with van der Waals surface area (Å²) in [5.74, 6) is -1.42. The zero-order chi connectivity index (χ0) is 22.5. The van der Waals surface area contributed by atoms with Crippen LogP contribution < -0.4 is 5.32 Å². The molecule has 1 atom stereocenters. The van der Waals surface area contributed by atoms with Gasteiger partial charge in [-0.25, -0.2) is 9.78 Å². The molecule has 0 spiro atoms. The third-order valence-corrected chi connectivity index (χ3v) is 5.98. The first-order valence-electron chi connectivity index (χ1n) is 9.75. The van der Waals surface area contributed by atoms with Gasteiger partial charge in [0.2, 0.25) is 11.8 Å². The number of pyridine rings is 1. The van der Waals surface area contributed by atoms with Gasteiger partial charge in [-0.1, -0.05) is 37.7 Å². The lowest BCUT2D eigenvalue weighted by atomic mass is 10.0. The molecule has 1 unspecified atom stereocenters. The maximum atomic E-state index is 12.5. The van der Waals surface area contributed by atoms with E-state index in [0.717, 1.165) is 22.2 Å². The number of esters is 1. The van der Waals surface area contributed by atoms with Crippen molar-refractivity contribution in [3.63, 3.8) is 0 Å². The number of carbonyl (C=O) groups is 4. The molecule has 1 aliphatic heterocycles. The maximum Gasteiger partial charge on any atom is 0.341 e. The Morgan fingerprint density at radius 1 is 1.23 bits per heavy atom. The third kappa shape index (κ3) is 5.49. The minimum Gasteiger partial charge on any atom is -0.452 e. The Morgan fingerprint density at radius 3 is 2.55 bits per heavy atom. The highest BCUT2D eigenvalue weighted by Crippen LogP contribution is 2.31. The monoisotopic (exact) mass is 441 g/mol. The van der Waals surface area contributed by atoms with Crippen molar-refractivity contribution in [2.45, 2.75) is 36.5 Å². The molecule has 1 saturated heterocycles. The number of hydrogen-bond acceptors (Lipinski definition) is 7. The van der Waals surface area contributed by atoms with Gasteiger partial charge in [0.1, 0.15) is 5.03 Å². The number of likely N-dealkylation sites (tertiary alicyclic amines) is 1. The van der Waals surface area contributed by atoms with Crippen molar-refractivity contribution in [1.82, 2.24) is 9.88 Å². The number of thioether (sulfide) groups is 1. The largest absolute Gasteiger partial charge is 0.452 e. The van der Waals surface area contributed by atoms with Crippen LogP contribution in [0, 0.1) is 0 Å². The third-order valence-electron chi connectivity index (χ3n) is 4.78. The zero-order valence-electron chi connectivity index (χ0n) is 17.5. The van der Waals surface area contributed by atoms with Gasteiger partial charge in [-0.3, -0.25) is 19.3 Å². The highest BCUT2D eigenvalue weighted by atomic mass is 32.2. The van der Waals surface area contributed by atoms with E-state index in [1.54, 1.807) is 18.2 Å². The van der Waals surface area contributed by atoms with Crippen LogP contribution in [-0.2, 0) is 19.1 Å². The molecular weight excluding hydrogens is 418 g/mol. The molecule has 8 nitrogen and oxygen atoms in total. The van der Waals surface area contributed by atoms with Crippen LogP contribution in [0.25, 0.3) is 0 Å². The van der Waals surface area contributed by atoms with E-state index in [2.05, 4.69) is 24.1 Å². The van der Waals surface area contributed by atoms with Gasteiger partial charge >= 0.3 is 5.97 Å². The first-order chi connectivity index (χ1) is 14.8. The summed E-state index contributed by atoms with van der Waals surface area (Å²) in [4.78, 5) is 53.7. The van der Waals surface area contributed by atoms with Gasteiger partial charge < -0.3 is 10.1 Å². The molecule has 0 radical (unpaired) electrons. The Labute approximate surface area is 184 Å². The van der Waals surface area contributed by atoms with Crippen molar-refractivity contribution in [1.29, 1.82) is 0 Å². The summed E-state index contributed by atoms with van der Waals surface area (Å²) in [5.41, 5.74) is 1.90. The predicted octanol–water partition coefficient (Wildman–Crippen LogP) is 2.85. The van der Waals surface area contributed by atoms with Crippen LogP contribution in [0.15, 0.2) is 47.6 Å². The number of ether oxygens (including phenoxy) is 1. The molecule has 9 heteroatoms. The number of hydrogen-bond donors (Lipinski definition) is 1. The zero-order valence-corrected chi connectivity index (χ0v) is 18.3. The molecule has 1 aliphatic rings. The van der Waals surface area contributed by atoms with Gasteiger partial charge in [-0.05, 0) is 35.7 Å². The van der Waals surface area contributed by atoms with Gasteiger partial charge in [-0.15, -0.1) is 0 Å². The molecule has 0 saturated carbocycles. The molecule has 3 rings (SSSR count). The Bertz CT molecular complexity index is 1010. The quantitative estimate of drug-likeness (QED) is 0.520. The smallest absolute Gasteiger partial charge is 0.341 e. The van der Waals surface area contributed by atoms with Gasteiger partial charge in [0.15, 0.2) is 6.61 Å². The second-order valence-corrected chi connectivity index (χ2v) is 8.55. The minimum atomic E-state index is -0.731. The SMILES string of the molecule is CC(C)c1ccc(NC(=O)COC(=O)c2cccnc2SC2CC(=O)N(C)C2=O)cc1. The molecule has 1 aromatic carbocycles. The lowest BCUT2D eigenvalue weighted by Gasteiger charge is -2.12. The number of amides is 3. The van der Waals surface area contributed by atoms with Gasteiger partial charge in [-0.2, -0.15) is 0 Å². The highest BCUT2D eigenvalue weighted by Gasteiger charge is 2.37. The Balaban J connectivity index is 1.59. The summed E-state index contributed by atoms with van der Waals surface area (Å²) < 4.78 is 5.13. The van der Waals surface area contributed by atoms with Crippen LogP contribution in [0.4, 0.5) is 5.69 Å². The molecule has 0 bridgehead atoms. The van der Waals surface area contributed by atoms with Crippen LogP contribution in [0.1, 0.15) is 42.1 Å². The molecule has 162 valence electrons. The maximum absolute atomic E-state index is 12.5. The molecule has 2 aromatic rings. The number of nitrogens with zero attached hydrogens (tertiary/aromatic N) is 2. The molecule has 0 aliphatic carbocycles. The van der Waals surface area contributed by atoms with E-state index in [1.807, 2.05) is 12.1 Å². The number of rotatable bonds is 7. The fourth-order valence-corrected chi connectivity index (χ4v) is 4.10. The first kappa shape index (κ1) is 22.5. The van der Waals surface area contributed by atoms with Crippen molar-refractivity contribution in [2.24, 2.45) is 0 Å². The number of anilines is 1. The number of aromatic nitrogens is 1. The molecule has 1 N–H and O–H groups in total. The second kappa shape index (κ2) is 9.74. The predicted molar refractivity (Wildman–Crippen MR) is 116 cm³/mol. The summed E-state index contributed by atoms with van der Waals surface area (Å²) in [5, 5.41) is 2.31. The average Bonchev–Trinajstić information content (AvgIpc) is 2.99. The summed E-state index contributed by atoms with van der Waals surface area (Å²) in [6, 6.07) is 10.5. The number of nitrogens with one attached hydrogen (secondary N) is 1. The summed E-state index contributed by atoms with van der Waals surface area (Å²) in [6.45, 7) is 3.70. The normalized spacial score (nSPS) is 16.0. The van der Waals surface area contributed by atoms with Gasteiger partial charge in [0, 0.05) is 25.4 Å².